The molecule has 1 aromatic rings. The van der Waals surface area contributed by atoms with Crippen LogP contribution in [0.3, 0.4) is 0 Å². The molecule has 1 atom stereocenters. The summed E-state index contributed by atoms with van der Waals surface area (Å²) < 4.78 is 35.8. The van der Waals surface area contributed by atoms with Crippen molar-refractivity contribution in [3.8, 4) is 0 Å². The number of thioether (sulfide) groups is 1. The molecule has 7 heteroatoms. The van der Waals surface area contributed by atoms with Gasteiger partial charge in [-0.05, 0) is 23.4 Å². The lowest BCUT2D eigenvalue weighted by Crippen LogP contribution is -2.32. The zero-order chi connectivity index (χ0) is 13.9. The molecule has 0 aliphatic carbocycles. The van der Waals surface area contributed by atoms with Gasteiger partial charge >= 0.3 is 5.51 Å². The van der Waals surface area contributed by atoms with Gasteiger partial charge in [0.25, 0.3) is 0 Å². The minimum absolute atomic E-state index is 0.0156. The van der Waals surface area contributed by atoms with Gasteiger partial charge in [0.15, 0.2) is 0 Å². The van der Waals surface area contributed by atoms with Crippen LogP contribution in [-0.2, 0) is 4.79 Å². The Morgan fingerprint density at radius 3 is 2.89 bits per heavy atom. The van der Waals surface area contributed by atoms with E-state index in [9.17, 15) is 18.0 Å². The van der Waals surface area contributed by atoms with Crippen LogP contribution in [0.15, 0.2) is 24.3 Å². The van der Waals surface area contributed by atoms with E-state index in [0.717, 1.165) is 11.3 Å². The average Bonchev–Trinajstić information content (AvgIpc) is 2.77. The largest absolute Gasteiger partial charge is 0.441 e. The van der Waals surface area contributed by atoms with Crippen molar-refractivity contribution in [1.82, 2.24) is 5.32 Å². The first kappa shape index (κ1) is 14.0. The lowest BCUT2D eigenvalue weighted by Gasteiger charge is -2.11. The number of fused-ring (bicyclic) bond motifs is 1. The molecule has 1 aliphatic rings. The van der Waals surface area contributed by atoms with Crippen LogP contribution < -0.4 is 10.6 Å². The van der Waals surface area contributed by atoms with Crippen LogP contribution in [0.4, 0.5) is 18.9 Å². The van der Waals surface area contributed by atoms with Crippen molar-refractivity contribution in [1.29, 1.82) is 0 Å². The number of nitrogens with one attached hydrogen (secondary N) is 2. The maximum Gasteiger partial charge on any atom is 0.441 e. The van der Waals surface area contributed by atoms with Crippen molar-refractivity contribution in [2.24, 2.45) is 0 Å². The fourth-order valence-corrected chi connectivity index (χ4v) is 2.42. The summed E-state index contributed by atoms with van der Waals surface area (Å²) in [6.07, 6.45) is 0. The third-order valence-electron chi connectivity index (χ3n) is 2.82. The molecule has 104 valence electrons. The number of para-hydroxylation sites is 1. The summed E-state index contributed by atoms with van der Waals surface area (Å²) in [4.78, 5) is 11.9. The number of hydrogen-bond donors (Lipinski definition) is 2. The summed E-state index contributed by atoms with van der Waals surface area (Å²) in [6.45, 7) is 0.499. The van der Waals surface area contributed by atoms with Gasteiger partial charge in [0.2, 0.25) is 5.91 Å². The molecule has 0 spiro atoms. The second kappa shape index (κ2) is 5.73. The topological polar surface area (TPSA) is 41.1 Å². The third-order valence-corrected chi connectivity index (χ3v) is 3.55. The van der Waals surface area contributed by atoms with Gasteiger partial charge in [0, 0.05) is 24.5 Å². The van der Waals surface area contributed by atoms with E-state index in [0.29, 0.717) is 6.54 Å². The minimum Gasteiger partial charge on any atom is -0.384 e. The van der Waals surface area contributed by atoms with Crippen molar-refractivity contribution in [3.63, 3.8) is 0 Å². The quantitative estimate of drug-likeness (QED) is 0.837. The number of benzene rings is 1. The van der Waals surface area contributed by atoms with Crippen molar-refractivity contribution < 1.29 is 18.0 Å². The maximum atomic E-state index is 11.9. The van der Waals surface area contributed by atoms with E-state index in [1.165, 1.54) is 0 Å². The number of carbonyl (C=O) groups is 1. The fraction of sp³-hybridized carbons (Fsp3) is 0.417. The average molecular weight is 290 g/mol. The summed E-state index contributed by atoms with van der Waals surface area (Å²) in [5.41, 5.74) is -2.44. The first-order chi connectivity index (χ1) is 8.97. The Balaban J connectivity index is 1.82. The van der Waals surface area contributed by atoms with E-state index < -0.39 is 5.51 Å². The first-order valence-corrected chi connectivity index (χ1v) is 6.77. The van der Waals surface area contributed by atoms with Gasteiger partial charge in [-0.3, -0.25) is 4.79 Å². The number of hydrogen-bond acceptors (Lipinski definition) is 3. The molecule has 1 aromatic carbocycles. The molecule has 0 fully saturated rings. The Morgan fingerprint density at radius 1 is 1.42 bits per heavy atom. The molecule has 2 rings (SSSR count). The van der Waals surface area contributed by atoms with Crippen LogP contribution in [0.2, 0.25) is 0 Å². The second-order valence-corrected chi connectivity index (χ2v) is 5.27. The lowest BCUT2D eigenvalue weighted by atomic mass is 10.0. The van der Waals surface area contributed by atoms with Gasteiger partial charge in [0.05, 0.1) is 5.92 Å². The predicted octanol–water partition coefficient (Wildman–Crippen LogP) is 2.56. The van der Waals surface area contributed by atoms with Crippen molar-refractivity contribution in [3.05, 3.63) is 29.8 Å². The second-order valence-electron chi connectivity index (χ2n) is 4.11. The molecule has 1 aliphatic heterocycles. The molecule has 0 saturated carbocycles. The van der Waals surface area contributed by atoms with Crippen LogP contribution in [0.1, 0.15) is 11.5 Å². The fourth-order valence-electron chi connectivity index (χ4n) is 1.98. The number of rotatable bonds is 4. The summed E-state index contributed by atoms with van der Waals surface area (Å²) in [7, 11) is 0. The highest BCUT2D eigenvalue weighted by molar-refractivity contribution is 8.00. The minimum atomic E-state index is -4.24. The smallest absolute Gasteiger partial charge is 0.384 e. The standard InChI is InChI=1S/C12H13F3N2OS/c13-12(14,15)19-6-5-16-11(18)9-7-17-10-4-2-1-3-8(9)10/h1-4,9,17H,5-7H2,(H,16,18). The molecule has 0 aromatic heterocycles. The van der Waals surface area contributed by atoms with Crippen molar-refractivity contribution >= 4 is 23.4 Å². The van der Waals surface area contributed by atoms with E-state index in [1.54, 1.807) is 0 Å². The van der Waals surface area contributed by atoms with Crippen LogP contribution >= 0.6 is 11.8 Å². The van der Waals surface area contributed by atoms with Gasteiger partial charge in [-0.25, -0.2) is 0 Å². The maximum absolute atomic E-state index is 11.9. The van der Waals surface area contributed by atoms with Gasteiger partial charge in [-0.15, -0.1) is 0 Å². The normalized spacial score (nSPS) is 17.7. The molecule has 0 bridgehead atoms. The Labute approximate surface area is 112 Å². The zero-order valence-electron chi connectivity index (χ0n) is 9.96. The molecule has 1 amide bonds. The number of anilines is 1. The number of halogens is 3. The molecule has 0 saturated heterocycles. The third kappa shape index (κ3) is 3.79. The van der Waals surface area contributed by atoms with Crippen molar-refractivity contribution in [2.75, 3.05) is 24.2 Å². The molecule has 0 radical (unpaired) electrons. The van der Waals surface area contributed by atoms with E-state index in [2.05, 4.69) is 10.6 Å². The van der Waals surface area contributed by atoms with Gasteiger partial charge in [0.1, 0.15) is 0 Å². The van der Waals surface area contributed by atoms with Crippen LogP contribution in [0.5, 0.6) is 0 Å². The Kier molecular flexibility index (Phi) is 4.24. The highest BCUT2D eigenvalue weighted by Gasteiger charge is 2.29. The van der Waals surface area contributed by atoms with E-state index in [4.69, 9.17) is 0 Å². The van der Waals surface area contributed by atoms with Crippen LogP contribution in [0.25, 0.3) is 0 Å². The molecule has 19 heavy (non-hydrogen) atoms. The molecule has 1 heterocycles. The summed E-state index contributed by atoms with van der Waals surface area (Å²) in [5.74, 6) is -0.732. The van der Waals surface area contributed by atoms with Gasteiger partial charge < -0.3 is 10.6 Å². The highest BCUT2D eigenvalue weighted by atomic mass is 32.2. The highest BCUT2D eigenvalue weighted by Crippen LogP contribution is 2.31. The van der Waals surface area contributed by atoms with E-state index >= 15 is 0 Å². The number of alkyl halides is 3. The molecular formula is C12H13F3N2OS. The number of carbonyl (C=O) groups excluding carboxylic acids is 1. The molecule has 3 nitrogen and oxygen atoms in total. The SMILES string of the molecule is O=C(NCCSC(F)(F)F)C1CNc2ccccc21. The summed E-state index contributed by atoms with van der Waals surface area (Å²) in [5, 5.41) is 5.64. The Bertz CT molecular complexity index is 465. The molecule has 1 unspecified atom stereocenters. The summed E-state index contributed by atoms with van der Waals surface area (Å²) >= 11 is -0.127. The Hall–Kier alpha value is -1.37. The zero-order valence-corrected chi connectivity index (χ0v) is 10.8. The van der Waals surface area contributed by atoms with E-state index in [-0.39, 0.29) is 35.9 Å². The molecule has 2 N–H and O–H groups in total. The molecular weight excluding hydrogens is 277 g/mol. The van der Waals surface area contributed by atoms with Crippen LogP contribution in [0, 0.1) is 0 Å². The summed E-state index contributed by atoms with van der Waals surface area (Å²) in [6, 6.07) is 7.43. The number of amides is 1. The van der Waals surface area contributed by atoms with Gasteiger partial charge in [-0.2, -0.15) is 13.2 Å². The monoisotopic (exact) mass is 290 g/mol. The van der Waals surface area contributed by atoms with Crippen molar-refractivity contribution in [2.45, 2.75) is 11.4 Å². The first-order valence-electron chi connectivity index (χ1n) is 5.78. The predicted molar refractivity (Wildman–Crippen MR) is 69.2 cm³/mol. The van der Waals surface area contributed by atoms with Gasteiger partial charge in [-0.1, -0.05) is 18.2 Å². The lowest BCUT2D eigenvalue weighted by molar-refractivity contribution is -0.122. The van der Waals surface area contributed by atoms with Crippen LogP contribution in [-0.4, -0.2) is 30.3 Å². The Morgan fingerprint density at radius 2 is 2.16 bits per heavy atom. The van der Waals surface area contributed by atoms with E-state index in [1.807, 2.05) is 24.3 Å².